The van der Waals surface area contributed by atoms with Crippen LogP contribution < -0.4 is 0 Å². The monoisotopic (exact) mass is 203 g/mol. The standard InChI is InChI=1S/C12H13NO2/c1-8(2)5-11-10-6-9(7-14)15-12(10)3-4-13-11/h3-4,6-8H,5H2,1-2H3. The summed E-state index contributed by atoms with van der Waals surface area (Å²) in [5, 5.41) is 0.952. The SMILES string of the molecule is CC(C)Cc1nccc2oc(C=O)cc12. The third kappa shape index (κ3) is 1.91. The summed E-state index contributed by atoms with van der Waals surface area (Å²) in [5.41, 5.74) is 1.74. The van der Waals surface area contributed by atoms with Crippen molar-refractivity contribution in [3.05, 3.63) is 29.8 Å². The second-order valence-electron chi connectivity index (χ2n) is 4.03. The van der Waals surface area contributed by atoms with Crippen molar-refractivity contribution in [1.82, 2.24) is 4.98 Å². The summed E-state index contributed by atoms with van der Waals surface area (Å²) in [6, 6.07) is 3.54. The first-order valence-corrected chi connectivity index (χ1v) is 5.03. The third-order valence-electron chi connectivity index (χ3n) is 2.26. The Morgan fingerprint density at radius 2 is 2.33 bits per heavy atom. The Labute approximate surface area is 88.1 Å². The van der Waals surface area contributed by atoms with E-state index in [2.05, 4.69) is 18.8 Å². The minimum atomic E-state index is 0.364. The fraction of sp³-hybridized carbons (Fsp3) is 0.333. The minimum Gasteiger partial charge on any atom is -0.453 e. The number of aldehydes is 1. The smallest absolute Gasteiger partial charge is 0.185 e. The summed E-state index contributed by atoms with van der Waals surface area (Å²) in [6.45, 7) is 4.28. The Morgan fingerprint density at radius 1 is 1.53 bits per heavy atom. The molecule has 2 heterocycles. The molecule has 0 aliphatic heterocycles. The van der Waals surface area contributed by atoms with Crippen LogP contribution >= 0.6 is 0 Å². The van der Waals surface area contributed by atoms with Crippen LogP contribution in [-0.4, -0.2) is 11.3 Å². The van der Waals surface area contributed by atoms with Gasteiger partial charge in [-0.05, 0) is 24.5 Å². The normalized spacial score (nSPS) is 11.1. The van der Waals surface area contributed by atoms with Gasteiger partial charge in [0.1, 0.15) is 5.58 Å². The molecule has 0 spiro atoms. The van der Waals surface area contributed by atoms with Crippen LogP contribution in [0.5, 0.6) is 0 Å². The van der Waals surface area contributed by atoms with Crippen molar-refractivity contribution >= 4 is 17.3 Å². The highest BCUT2D eigenvalue weighted by atomic mass is 16.3. The number of rotatable bonds is 3. The van der Waals surface area contributed by atoms with Gasteiger partial charge >= 0.3 is 0 Å². The number of nitrogens with zero attached hydrogens (tertiary/aromatic N) is 1. The van der Waals surface area contributed by atoms with E-state index in [1.165, 1.54) is 0 Å². The van der Waals surface area contributed by atoms with E-state index in [9.17, 15) is 4.79 Å². The van der Waals surface area contributed by atoms with Gasteiger partial charge in [-0.25, -0.2) is 0 Å². The second-order valence-corrected chi connectivity index (χ2v) is 4.03. The van der Waals surface area contributed by atoms with E-state index in [-0.39, 0.29) is 0 Å². The first-order chi connectivity index (χ1) is 7.20. The lowest BCUT2D eigenvalue weighted by molar-refractivity contribution is 0.110. The molecule has 2 rings (SSSR count). The fourth-order valence-corrected chi connectivity index (χ4v) is 1.65. The molecule has 0 bridgehead atoms. The zero-order valence-corrected chi connectivity index (χ0v) is 8.86. The Kier molecular flexibility index (Phi) is 2.54. The second kappa shape index (κ2) is 3.85. The minimum absolute atomic E-state index is 0.364. The largest absolute Gasteiger partial charge is 0.453 e. The molecule has 78 valence electrons. The molecule has 0 saturated carbocycles. The number of aromatic nitrogens is 1. The Morgan fingerprint density at radius 3 is 3.00 bits per heavy atom. The zero-order valence-electron chi connectivity index (χ0n) is 8.86. The van der Waals surface area contributed by atoms with Gasteiger partial charge in [0.05, 0.1) is 5.69 Å². The van der Waals surface area contributed by atoms with E-state index in [1.807, 2.05) is 0 Å². The van der Waals surface area contributed by atoms with Gasteiger partial charge in [-0.1, -0.05) is 13.8 Å². The molecular formula is C12H13NO2. The van der Waals surface area contributed by atoms with E-state index in [1.54, 1.807) is 18.3 Å². The molecule has 15 heavy (non-hydrogen) atoms. The molecular weight excluding hydrogens is 190 g/mol. The molecule has 0 saturated heterocycles. The first kappa shape index (κ1) is 9.90. The number of carbonyl (C=O) groups is 1. The number of furan rings is 1. The third-order valence-corrected chi connectivity index (χ3v) is 2.26. The Balaban J connectivity index is 2.54. The van der Waals surface area contributed by atoms with E-state index in [4.69, 9.17) is 4.42 Å². The van der Waals surface area contributed by atoms with Crippen LogP contribution in [-0.2, 0) is 6.42 Å². The van der Waals surface area contributed by atoms with Gasteiger partial charge in [-0.2, -0.15) is 0 Å². The molecule has 3 heteroatoms. The van der Waals surface area contributed by atoms with Crippen molar-refractivity contribution in [2.45, 2.75) is 20.3 Å². The Bertz CT molecular complexity index is 485. The average molecular weight is 203 g/mol. The highest BCUT2D eigenvalue weighted by Gasteiger charge is 2.09. The van der Waals surface area contributed by atoms with Gasteiger partial charge in [-0.3, -0.25) is 9.78 Å². The summed E-state index contributed by atoms with van der Waals surface area (Å²) >= 11 is 0. The maximum atomic E-state index is 10.6. The van der Waals surface area contributed by atoms with Crippen molar-refractivity contribution in [2.75, 3.05) is 0 Å². The van der Waals surface area contributed by atoms with E-state index in [0.717, 1.165) is 29.4 Å². The molecule has 0 aromatic carbocycles. The molecule has 2 aromatic heterocycles. The summed E-state index contributed by atoms with van der Waals surface area (Å²) in [4.78, 5) is 14.9. The van der Waals surface area contributed by atoms with Gasteiger partial charge in [0, 0.05) is 11.6 Å². The first-order valence-electron chi connectivity index (χ1n) is 5.03. The molecule has 3 nitrogen and oxygen atoms in total. The zero-order chi connectivity index (χ0) is 10.8. The maximum Gasteiger partial charge on any atom is 0.185 e. The van der Waals surface area contributed by atoms with Gasteiger partial charge < -0.3 is 4.42 Å². The highest BCUT2D eigenvalue weighted by Crippen LogP contribution is 2.22. The van der Waals surface area contributed by atoms with Crippen molar-refractivity contribution < 1.29 is 9.21 Å². The van der Waals surface area contributed by atoms with Gasteiger partial charge in [0.2, 0.25) is 0 Å². The van der Waals surface area contributed by atoms with Crippen molar-refractivity contribution in [2.24, 2.45) is 5.92 Å². The molecule has 0 fully saturated rings. The van der Waals surface area contributed by atoms with Crippen LogP contribution in [0, 0.1) is 5.92 Å². The molecule has 0 amide bonds. The molecule has 0 N–H and O–H groups in total. The number of fused-ring (bicyclic) bond motifs is 1. The quantitative estimate of drug-likeness (QED) is 0.720. The molecule has 0 unspecified atom stereocenters. The summed E-state index contributed by atoms with van der Waals surface area (Å²) < 4.78 is 5.33. The lowest BCUT2D eigenvalue weighted by Crippen LogP contribution is -1.96. The molecule has 0 atom stereocenters. The average Bonchev–Trinajstić information content (AvgIpc) is 2.61. The maximum absolute atomic E-state index is 10.6. The number of hydrogen-bond donors (Lipinski definition) is 0. The van der Waals surface area contributed by atoms with Crippen LogP contribution in [0.4, 0.5) is 0 Å². The van der Waals surface area contributed by atoms with Gasteiger partial charge in [-0.15, -0.1) is 0 Å². The topological polar surface area (TPSA) is 43.1 Å². The van der Waals surface area contributed by atoms with E-state index < -0.39 is 0 Å². The molecule has 0 aliphatic carbocycles. The van der Waals surface area contributed by atoms with E-state index >= 15 is 0 Å². The van der Waals surface area contributed by atoms with Crippen LogP contribution in [0.15, 0.2) is 22.7 Å². The van der Waals surface area contributed by atoms with Crippen molar-refractivity contribution in [1.29, 1.82) is 0 Å². The number of carbonyl (C=O) groups excluding carboxylic acids is 1. The predicted molar refractivity (Wildman–Crippen MR) is 57.9 cm³/mol. The molecule has 0 radical (unpaired) electrons. The van der Waals surface area contributed by atoms with Crippen molar-refractivity contribution in [3.8, 4) is 0 Å². The van der Waals surface area contributed by atoms with Crippen LogP contribution in [0.3, 0.4) is 0 Å². The fourth-order valence-electron chi connectivity index (χ4n) is 1.65. The Hall–Kier alpha value is -1.64. The number of pyridine rings is 1. The summed E-state index contributed by atoms with van der Waals surface area (Å²) in [6.07, 6.45) is 3.34. The molecule has 0 aliphatic rings. The summed E-state index contributed by atoms with van der Waals surface area (Å²) in [7, 11) is 0. The molecule has 2 aromatic rings. The van der Waals surface area contributed by atoms with E-state index in [0.29, 0.717) is 11.7 Å². The highest BCUT2D eigenvalue weighted by molar-refractivity contribution is 5.86. The number of hydrogen-bond acceptors (Lipinski definition) is 3. The predicted octanol–water partition coefficient (Wildman–Crippen LogP) is 2.84. The lowest BCUT2D eigenvalue weighted by Gasteiger charge is -2.03. The van der Waals surface area contributed by atoms with Gasteiger partial charge in [0.15, 0.2) is 12.0 Å². The van der Waals surface area contributed by atoms with Crippen LogP contribution in [0.1, 0.15) is 30.1 Å². The van der Waals surface area contributed by atoms with Crippen molar-refractivity contribution in [3.63, 3.8) is 0 Å². The van der Waals surface area contributed by atoms with Crippen LogP contribution in [0.25, 0.3) is 11.0 Å². The van der Waals surface area contributed by atoms with Gasteiger partial charge in [0.25, 0.3) is 0 Å². The summed E-state index contributed by atoms with van der Waals surface area (Å²) in [5.74, 6) is 0.903. The van der Waals surface area contributed by atoms with Crippen LogP contribution in [0.2, 0.25) is 0 Å². The lowest BCUT2D eigenvalue weighted by atomic mass is 10.1.